The van der Waals surface area contributed by atoms with E-state index in [4.69, 9.17) is 10.7 Å². The summed E-state index contributed by atoms with van der Waals surface area (Å²) < 4.78 is 3.23. The Kier molecular flexibility index (Phi) is 2.75. The topological polar surface area (TPSA) is 91.6 Å². The first-order valence-corrected chi connectivity index (χ1v) is 7.40. The number of nitrogens with zero attached hydrogens (tertiary/aromatic N) is 5. The minimum Gasteiger partial charge on any atom is -0.383 e. The SMILES string of the molecule is CCn1nccc1-n1c(=O)nc(N)c2ccc(C3CC3)nc21. The molecule has 0 saturated heterocycles. The first-order chi connectivity index (χ1) is 10.7. The number of rotatable bonds is 3. The van der Waals surface area contributed by atoms with Gasteiger partial charge in [-0.2, -0.15) is 10.1 Å². The second-order valence-corrected chi connectivity index (χ2v) is 5.50. The predicted molar refractivity (Wildman–Crippen MR) is 83.0 cm³/mol. The lowest BCUT2D eigenvalue weighted by Crippen LogP contribution is -2.26. The number of hydrogen-bond donors (Lipinski definition) is 1. The van der Waals surface area contributed by atoms with Crippen LogP contribution in [0, 0.1) is 0 Å². The zero-order valence-electron chi connectivity index (χ0n) is 12.2. The number of aryl methyl sites for hydroxylation is 1. The Morgan fingerprint density at radius 3 is 2.82 bits per heavy atom. The second-order valence-electron chi connectivity index (χ2n) is 5.50. The molecule has 4 rings (SSSR count). The van der Waals surface area contributed by atoms with Gasteiger partial charge in [-0.1, -0.05) is 0 Å². The van der Waals surface area contributed by atoms with Gasteiger partial charge >= 0.3 is 5.69 Å². The van der Waals surface area contributed by atoms with Gasteiger partial charge < -0.3 is 5.73 Å². The molecule has 3 heterocycles. The third-order valence-corrected chi connectivity index (χ3v) is 4.01. The van der Waals surface area contributed by atoms with E-state index >= 15 is 0 Å². The van der Waals surface area contributed by atoms with Crippen LogP contribution >= 0.6 is 0 Å². The van der Waals surface area contributed by atoms with Crippen LogP contribution in [0.5, 0.6) is 0 Å². The molecule has 2 N–H and O–H groups in total. The standard InChI is InChI=1S/C15H16N6O/c1-2-20-12(7-8-17-20)21-14-10(13(16)19-15(21)22)5-6-11(18-14)9-3-4-9/h5-9H,2-4H2,1H3,(H2,16,19,22). The molecule has 112 valence electrons. The Morgan fingerprint density at radius 2 is 2.09 bits per heavy atom. The summed E-state index contributed by atoms with van der Waals surface area (Å²) in [5.41, 5.74) is 7.04. The second kappa shape index (κ2) is 4.66. The maximum atomic E-state index is 12.4. The smallest absolute Gasteiger partial charge is 0.357 e. The van der Waals surface area contributed by atoms with E-state index in [9.17, 15) is 4.79 Å². The van der Waals surface area contributed by atoms with Gasteiger partial charge in [-0.05, 0) is 31.9 Å². The fraction of sp³-hybridized carbons (Fsp3) is 0.333. The quantitative estimate of drug-likeness (QED) is 0.790. The molecule has 0 amide bonds. The van der Waals surface area contributed by atoms with Gasteiger partial charge in [0.1, 0.15) is 11.6 Å². The largest absolute Gasteiger partial charge is 0.383 e. The maximum Gasteiger partial charge on any atom is 0.357 e. The van der Waals surface area contributed by atoms with Crippen LogP contribution in [0.2, 0.25) is 0 Å². The highest BCUT2D eigenvalue weighted by atomic mass is 16.1. The molecule has 22 heavy (non-hydrogen) atoms. The van der Waals surface area contributed by atoms with Gasteiger partial charge in [0.25, 0.3) is 0 Å². The van der Waals surface area contributed by atoms with E-state index in [-0.39, 0.29) is 5.82 Å². The fourth-order valence-corrected chi connectivity index (χ4v) is 2.71. The van der Waals surface area contributed by atoms with Crippen molar-refractivity contribution in [3.8, 4) is 5.82 Å². The number of hydrogen-bond acceptors (Lipinski definition) is 5. The summed E-state index contributed by atoms with van der Waals surface area (Å²) in [6.45, 7) is 2.63. The van der Waals surface area contributed by atoms with E-state index in [1.807, 2.05) is 19.1 Å². The Hall–Kier alpha value is -2.70. The molecule has 7 heteroatoms. The summed E-state index contributed by atoms with van der Waals surface area (Å²) in [5.74, 6) is 1.37. The molecule has 0 atom stereocenters. The molecule has 7 nitrogen and oxygen atoms in total. The van der Waals surface area contributed by atoms with Crippen molar-refractivity contribution in [1.29, 1.82) is 0 Å². The van der Waals surface area contributed by atoms with E-state index in [1.54, 1.807) is 16.9 Å². The van der Waals surface area contributed by atoms with E-state index in [0.717, 1.165) is 18.5 Å². The van der Waals surface area contributed by atoms with Crippen molar-refractivity contribution < 1.29 is 0 Å². The van der Waals surface area contributed by atoms with Crippen molar-refractivity contribution in [1.82, 2.24) is 24.3 Å². The maximum absolute atomic E-state index is 12.4. The molecular formula is C15H16N6O. The minimum absolute atomic E-state index is 0.216. The van der Waals surface area contributed by atoms with Crippen molar-refractivity contribution >= 4 is 16.9 Å². The van der Waals surface area contributed by atoms with E-state index in [0.29, 0.717) is 29.3 Å². The van der Waals surface area contributed by atoms with Crippen molar-refractivity contribution in [3.05, 3.63) is 40.6 Å². The molecule has 1 aliphatic carbocycles. The van der Waals surface area contributed by atoms with Crippen LogP contribution in [0.3, 0.4) is 0 Å². The first kappa shape index (κ1) is 13.0. The molecule has 0 aliphatic heterocycles. The van der Waals surface area contributed by atoms with Crippen molar-refractivity contribution in [2.45, 2.75) is 32.2 Å². The molecule has 0 radical (unpaired) electrons. The molecule has 3 aromatic rings. The van der Waals surface area contributed by atoms with Gasteiger partial charge in [0, 0.05) is 24.2 Å². The number of anilines is 1. The first-order valence-electron chi connectivity index (χ1n) is 7.40. The van der Waals surface area contributed by atoms with Gasteiger partial charge in [0.2, 0.25) is 0 Å². The van der Waals surface area contributed by atoms with Gasteiger partial charge in [0.05, 0.1) is 11.6 Å². The Bertz CT molecular complexity index is 921. The van der Waals surface area contributed by atoms with Crippen LogP contribution < -0.4 is 11.4 Å². The van der Waals surface area contributed by atoms with Gasteiger partial charge in [-0.25, -0.2) is 19.0 Å². The number of nitrogens with two attached hydrogens (primary N) is 1. The average molecular weight is 296 g/mol. The molecule has 1 fully saturated rings. The number of nitrogen functional groups attached to an aromatic ring is 1. The molecule has 1 saturated carbocycles. The lowest BCUT2D eigenvalue weighted by atomic mass is 10.2. The predicted octanol–water partition coefficient (Wildman–Crippen LogP) is 1.46. The Balaban J connectivity index is 2.07. The van der Waals surface area contributed by atoms with E-state index < -0.39 is 5.69 Å². The Morgan fingerprint density at radius 1 is 1.27 bits per heavy atom. The number of aromatic nitrogens is 5. The molecule has 1 aliphatic rings. The highest BCUT2D eigenvalue weighted by Crippen LogP contribution is 2.39. The van der Waals surface area contributed by atoms with Gasteiger partial charge in [-0.15, -0.1) is 0 Å². The zero-order chi connectivity index (χ0) is 15.3. The van der Waals surface area contributed by atoms with E-state index in [1.165, 1.54) is 4.57 Å². The normalized spacial score (nSPS) is 14.6. The van der Waals surface area contributed by atoms with Gasteiger partial charge in [0.15, 0.2) is 5.65 Å². The molecule has 3 aromatic heterocycles. The Labute approximate surface area is 126 Å². The lowest BCUT2D eigenvalue weighted by molar-refractivity contribution is 0.634. The summed E-state index contributed by atoms with van der Waals surface area (Å²) in [4.78, 5) is 21.0. The van der Waals surface area contributed by atoms with E-state index in [2.05, 4.69) is 10.1 Å². The van der Waals surface area contributed by atoms with Crippen LogP contribution in [-0.4, -0.2) is 24.3 Å². The van der Waals surface area contributed by atoms with Crippen molar-refractivity contribution in [2.24, 2.45) is 0 Å². The van der Waals surface area contributed by atoms with Crippen LogP contribution in [-0.2, 0) is 6.54 Å². The van der Waals surface area contributed by atoms with Crippen LogP contribution in [0.4, 0.5) is 5.82 Å². The van der Waals surface area contributed by atoms with Crippen molar-refractivity contribution in [2.75, 3.05) is 5.73 Å². The van der Waals surface area contributed by atoms with Crippen LogP contribution in [0.25, 0.3) is 16.9 Å². The monoisotopic (exact) mass is 296 g/mol. The van der Waals surface area contributed by atoms with Crippen molar-refractivity contribution in [3.63, 3.8) is 0 Å². The third-order valence-electron chi connectivity index (χ3n) is 4.01. The summed E-state index contributed by atoms with van der Waals surface area (Å²) in [5, 5.41) is 4.91. The van der Waals surface area contributed by atoms with Crippen LogP contribution in [0.15, 0.2) is 29.2 Å². The summed E-state index contributed by atoms with van der Waals surface area (Å²) in [7, 11) is 0. The lowest BCUT2D eigenvalue weighted by Gasteiger charge is -2.12. The number of fused-ring (bicyclic) bond motifs is 1. The minimum atomic E-state index is -0.430. The molecule has 0 unspecified atom stereocenters. The summed E-state index contributed by atoms with van der Waals surface area (Å²) in [6.07, 6.45) is 3.96. The zero-order valence-corrected chi connectivity index (χ0v) is 12.2. The molecule has 0 spiro atoms. The fourth-order valence-electron chi connectivity index (χ4n) is 2.71. The van der Waals surface area contributed by atoms with Gasteiger partial charge in [-0.3, -0.25) is 0 Å². The summed E-state index contributed by atoms with van der Waals surface area (Å²) in [6, 6.07) is 5.67. The molecule has 0 bridgehead atoms. The summed E-state index contributed by atoms with van der Waals surface area (Å²) >= 11 is 0. The highest BCUT2D eigenvalue weighted by Gasteiger charge is 2.26. The third kappa shape index (κ3) is 1.89. The molecular weight excluding hydrogens is 280 g/mol. The average Bonchev–Trinajstić information content (AvgIpc) is 3.26. The highest BCUT2D eigenvalue weighted by molar-refractivity contribution is 5.86. The van der Waals surface area contributed by atoms with Crippen LogP contribution in [0.1, 0.15) is 31.4 Å². The number of pyridine rings is 1. The molecule has 0 aromatic carbocycles.